The van der Waals surface area contributed by atoms with Crippen molar-refractivity contribution in [2.45, 2.75) is 45.6 Å². The SMILES string of the molecule is CCCCOc1nc(N)c2nc(OC)n(CCCCNCCCO)c2n1. The molecule has 0 fully saturated rings. The Hall–Kier alpha value is -2.13. The van der Waals surface area contributed by atoms with Gasteiger partial charge in [-0.3, -0.25) is 4.57 Å². The maximum Gasteiger partial charge on any atom is 0.320 e. The number of aliphatic hydroxyl groups is 1. The smallest absolute Gasteiger partial charge is 0.320 e. The Labute approximate surface area is 153 Å². The number of ether oxygens (including phenoxy) is 2. The molecule has 9 nitrogen and oxygen atoms in total. The molecule has 0 aliphatic rings. The molecule has 146 valence electrons. The molecule has 0 aliphatic carbocycles. The molecule has 0 spiro atoms. The molecular formula is C17H30N6O3. The van der Waals surface area contributed by atoms with Gasteiger partial charge in [0, 0.05) is 13.2 Å². The minimum absolute atomic E-state index is 0.217. The number of nitrogens with zero attached hydrogens (tertiary/aromatic N) is 4. The van der Waals surface area contributed by atoms with Gasteiger partial charge in [0.15, 0.2) is 17.0 Å². The van der Waals surface area contributed by atoms with Gasteiger partial charge in [0.1, 0.15) is 0 Å². The molecule has 0 atom stereocenters. The van der Waals surface area contributed by atoms with Crippen LogP contribution in [0.3, 0.4) is 0 Å². The summed E-state index contributed by atoms with van der Waals surface area (Å²) in [5.74, 6) is 0.296. The second kappa shape index (κ2) is 10.8. The third-order valence-electron chi connectivity index (χ3n) is 3.97. The summed E-state index contributed by atoms with van der Waals surface area (Å²) >= 11 is 0. The number of nitrogens with two attached hydrogens (primary N) is 1. The van der Waals surface area contributed by atoms with Crippen molar-refractivity contribution in [2.75, 3.05) is 39.1 Å². The standard InChI is InChI=1S/C17H30N6O3/c1-3-4-12-26-16-21-14(18)13-15(22-16)23(17(20-13)25-2)10-6-5-8-19-9-7-11-24/h19,24H,3-12H2,1-2H3,(H2,18,21,22). The van der Waals surface area contributed by atoms with Crippen molar-refractivity contribution in [1.82, 2.24) is 24.8 Å². The summed E-state index contributed by atoms with van der Waals surface area (Å²) in [7, 11) is 1.58. The average Bonchev–Trinajstić information content (AvgIpc) is 2.99. The number of fused-ring (bicyclic) bond motifs is 1. The minimum atomic E-state index is 0.217. The highest BCUT2D eigenvalue weighted by Crippen LogP contribution is 2.25. The van der Waals surface area contributed by atoms with Gasteiger partial charge in [-0.25, -0.2) is 0 Å². The summed E-state index contributed by atoms with van der Waals surface area (Å²) in [5, 5.41) is 12.1. The molecule has 0 saturated heterocycles. The number of methoxy groups -OCH3 is 1. The highest BCUT2D eigenvalue weighted by molar-refractivity contribution is 5.83. The van der Waals surface area contributed by atoms with Crippen LogP contribution >= 0.6 is 0 Å². The lowest BCUT2D eigenvalue weighted by Gasteiger charge is -2.09. The lowest BCUT2D eigenvalue weighted by molar-refractivity contribution is 0.285. The first kappa shape index (κ1) is 20.2. The normalized spacial score (nSPS) is 11.2. The Morgan fingerprint density at radius 1 is 1.12 bits per heavy atom. The number of rotatable bonds is 13. The first-order valence-corrected chi connectivity index (χ1v) is 9.23. The van der Waals surface area contributed by atoms with E-state index in [1.54, 1.807) is 7.11 Å². The van der Waals surface area contributed by atoms with Crippen LogP contribution in [0.1, 0.15) is 39.0 Å². The van der Waals surface area contributed by atoms with Crippen LogP contribution in [0.5, 0.6) is 12.0 Å². The second-order valence-electron chi connectivity index (χ2n) is 6.05. The first-order chi connectivity index (χ1) is 12.7. The number of imidazole rings is 1. The van der Waals surface area contributed by atoms with E-state index in [9.17, 15) is 0 Å². The van der Waals surface area contributed by atoms with E-state index in [4.69, 9.17) is 20.3 Å². The zero-order valence-corrected chi connectivity index (χ0v) is 15.7. The van der Waals surface area contributed by atoms with Gasteiger partial charge in [-0.05, 0) is 38.8 Å². The van der Waals surface area contributed by atoms with E-state index in [0.717, 1.165) is 45.2 Å². The van der Waals surface area contributed by atoms with Crippen molar-refractivity contribution in [1.29, 1.82) is 0 Å². The van der Waals surface area contributed by atoms with Gasteiger partial charge in [-0.2, -0.15) is 15.0 Å². The van der Waals surface area contributed by atoms with Crippen LogP contribution in [0, 0.1) is 0 Å². The predicted octanol–water partition coefficient (Wildman–Crippen LogP) is 1.35. The van der Waals surface area contributed by atoms with E-state index in [-0.39, 0.29) is 12.6 Å². The largest absolute Gasteiger partial charge is 0.468 e. The number of nitrogens with one attached hydrogen (secondary N) is 1. The minimum Gasteiger partial charge on any atom is -0.468 e. The number of anilines is 1. The predicted molar refractivity (Wildman–Crippen MR) is 100 cm³/mol. The van der Waals surface area contributed by atoms with Gasteiger partial charge >= 0.3 is 6.01 Å². The highest BCUT2D eigenvalue weighted by atomic mass is 16.5. The Morgan fingerprint density at radius 2 is 1.92 bits per heavy atom. The molecule has 0 unspecified atom stereocenters. The molecule has 0 amide bonds. The van der Waals surface area contributed by atoms with Crippen molar-refractivity contribution >= 4 is 17.0 Å². The molecule has 4 N–H and O–H groups in total. The zero-order chi connectivity index (χ0) is 18.8. The van der Waals surface area contributed by atoms with Crippen LogP contribution in [-0.2, 0) is 6.54 Å². The van der Waals surface area contributed by atoms with Gasteiger partial charge in [0.05, 0.1) is 13.7 Å². The Balaban J connectivity index is 2.05. The maximum atomic E-state index is 8.77. The number of hydrogen-bond donors (Lipinski definition) is 3. The maximum absolute atomic E-state index is 8.77. The number of unbranched alkanes of at least 4 members (excludes halogenated alkanes) is 2. The van der Waals surface area contributed by atoms with Gasteiger partial charge in [0.25, 0.3) is 6.01 Å². The summed E-state index contributed by atoms with van der Waals surface area (Å²) in [6.45, 7) is 5.32. The van der Waals surface area contributed by atoms with Crippen molar-refractivity contribution < 1.29 is 14.6 Å². The molecule has 0 aliphatic heterocycles. The Kier molecular flexibility index (Phi) is 8.36. The van der Waals surface area contributed by atoms with Crippen molar-refractivity contribution in [2.24, 2.45) is 0 Å². The number of hydrogen-bond acceptors (Lipinski definition) is 8. The van der Waals surface area contributed by atoms with E-state index >= 15 is 0 Å². The third kappa shape index (κ3) is 5.43. The Bertz CT molecular complexity index is 676. The summed E-state index contributed by atoms with van der Waals surface area (Å²) < 4.78 is 12.9. The van der Waals surface area contributed by atoms with E-state index in [1.165, 1.54) is 0 Å². The van der Waals surface area contributed by atoms with Crippen LogP contribution in [0.25, 0.3) is 11.2 Å². The van der Waals surface area contributed by atoms with Crippen LogP contribution < -0.4 is 20.5 Å². The molecule has 2 heterocycles. The number of nitrogen functional groups attached to an aromatic ring is 1. The van der Waals surface area contributed by atoms with Gasteiger partial charge < -0.3 is 25.6 Å². The fraction of sp³-hybridized carbons (Fsp3) is 0.706. The fourth-order valence-electron chi connectivity index (χ4n) is 2.56. The van der Waals surface area contributed by atoms with E-state index < -0.39 is 0 Å². The van der Waals surface area contributed by atoms with Crippen molar-refractivity contribution in [3.05, 3.63) is 0 Å². The van der Waals surface area contributed by atoms with Gasteiger partial charge in [-0.1, -0.05) is 13.3 Å². The number of aliphatic hydroxyl groups excluding tert-OH is 1. The Morgan fingerprint density at radius 3 is 2.65 bits per heavy atom. The second-order valence-corrected chi connectivity index (χ2v) is 6.05. The summed E-state index contributed by atoms with van der Waals surface area (Å²) in [5.41, 5.74) is 7.19. The lowest BCUT2D eigenvalue weighted by atomic mass is 10.3. The van der Waals surface area contributed by atoms with Crippen molar-refractivity contribution in [3.63, 3.8) is 0 Å². The van der Waals surface area contributed by atoms with Crippen LogP contribution in [0.4, 0.5) is 5.82 Å². The van der Waals surface area contributed by atoms with Gasteiger partial charge in [0.2, 0.25) is 0 Å². The van der Waals surface area contributed by atoms with Gasteiger partial charge in [-0.15, -0.1) is 0 Å². The fourth-order valence-corrected chi connectivity index (χ4v) is 2.56. The third-order valence-corrected chi connectivity index (χ3v) is 3.97. The number of aryl methyl sites for hydroxylation is 1. The van der Waals surface area contributed by atoms with E-state index in [0.29, 0.717) is 36.1 Å². The molecule has 26 heavy (non-hydrogen) atoms. The van der Waals surface area contributed by atoms with Crippen LogP contribution in [0.2, 0.25) is 0 Å². The zero-order valence-electron chi connectivity index (χ0n) is 15.7. The summed E-state index contributed by atoms with van der Waals surface area (Å²) in [6, 6.07) is 0.748. The number of aromatic nitrogens is 4. The molecular weight excluding hydrogens is 336 g/mol. The first-order valence-electron chi connectivity index (χ1n) is 9.23. The molecule has 0 bridgehead atoms. The molecule has 0 saturated carbocycles. The molecule has 9 heteroatoms. The molecule has 2 rings (SSSR count). The molecule has 0 radical (unpaired) electrons. The monoisotopic (exact) mass is 366 g/mol. The average molecular weight is 366 g/mol. The van der Waals surface area contributed by atoms with E-state index in [2.05, 4.69) is 27.2 Å². The van der Waals surface area contributed by atoms with Crippen LogP contribution in [0.15, 0.2) is 0 Å². The highest BCUT2D eigenvalue weighted by Gasteiger charge is 2.17. The summed E-state index contributed by atoms with van der Waals surface area (Å²) in [4.78, 5) is 13.1. The molecule has 2 aromatic rings. The topological polar surface area (TPSA) is 120 Å². The quantitative estimate of drug-likeness (QED) is 0.454. The van der Waals surface area contributed by atoms with Crippen LogP contribution in [-0.4, -0.2) is 58.0 Å². The van der Waals surface area contributed by atoms with Crippen molar-refractivity contribution in [3.8, 4) is 12.0 Å². The molecule has 2 aromatic heterocycles. The summed E-state index contributed by atoms with van der Waals surface area (Å²) in [6.07, 6.45) is 4.68. The van der Waals surface area contributed by atoms with E-state index in [1.807, 2.05) is 4.57 Å². The lowest BCUT2D eigenvalue weighted by Crippen LogP contribution is -2.18. The molecule has 0 aromatic carbocycles.